The summed E-state index contributed by atoms with van der Waals surface area (Å²) in [4.78, 5) is 20.8. The molecule has 9 heteroatoms. The van der Waals surface area contributed by atoms with Crippen LogP contribution < -0.4 is 10.6 Å². The highest BCUT2D eigenvalue weighted by atomic mass is 19.4. The molecule has 6 nitrogen and oxygen atoms in total. The Hall–Kier alpha value is -3.20. The average Bonchev–Trinajstić information content (AvgIpc) is 3.21. The van der Waals surface area contributed by atoms with E-state index < -0.39 is 11.7 Å². The number of carbonyl (C=O) groups excluding carboxylic acids is 1. The van der Waals surface area contributed by atoms with Crippen molar-refractivity contribution < 1.29 is 18.0 Å². The molecule has 2 aromatic heterocycles. The first-order valence-corrected chi connectivity index (χ1v) is 10.1. The number of hydrogen-bond acceptors (Lipinski definition) is 4. The number of anilines is 1. The molecule has 0 bridgehead atoms. The number of nitrogens with one attached hydrogen (secondary N) is 2. The molecule has 3 heterocycles. The van der Waals surface area contributed by atoms with E-state index in [-0.39, 0.29) is 12.5 Å². The van der Waals surface area contributed by atoms with Crippen LogP contribution in [-0.2, 0) is 25.7 Å². The second-order valence-corrected chi connectivity index (χ2v) is 6.85. The van der Waals surface area contributed by atoms with Crippen LogP contribution >= 0.6 is 0 Å². The minimum absolute atomic E-state index is 0.205. The highest BCUT2D eigenvalue weighted by Gasteiger charge is 2.30. The van der Waals surface area contributed by atoms with Gasteiger partial charge in [-0.05, 0) is 47.9 Å². The molecule has 0 radical (unpaired) electrons. The van der Waals surface area contributed by atoms with Gasteiger partial charge in [-0.2, -0.15) is 13.2 Å². The van der Waals surface area contributed by atoms with Gasteiger partial charge in [-0.1, -0.05) is 26.0 Å². The summed E-state index contributed by atoms with van der Waals surface area (Å²) in [5.74, 6) is -0.0705. The predicted octanol–water partition coefficient (Wildman–Crippen LogP) is 4.27. The Labute approximate surface area is 178 Å². The summed E-state index contributed by atoms with van der Waals surface area (Å²) in [7, 11) is 0. The Morgan fingerprint density at radius 1 is 1.19 bits per heavy atom. The molecule has 0 fully saturated rings. The van der Waals surface area contributed by atoms with E-state index in [1.54, 1.807) is 29.1 Å². The van der Waals surface area contributed by atoms with Gasteiger partial charge in [0, 0.05) is 25.5 Å². The maximum absolute atomic E-state index is 12.8. The van der Waals surface area contributed by atoms with Gasteiger partial charge in [0.25, 0.3) is 5.91 Å². The molecule has 0 aliphatic carbocycles. The Kier molecular flexibility index (Phi) is 7.06. The Morgan fingerprint density at radius 2 is 2.00 bits per heavy atom. The van der Waals surface area contributed by atoms with Crippen molar-refractivity contribution in [2.45, 2.75) is 39.5 Å². The van der Waals surface area contributed by atoms with Gasteiger partial charge in [0.05, 0.1) is 11.9 Å². The highest BCUT2D eigenvalue weighted by molar-refractivity contribution is 6.02. The first-order chi connectivity index (χ1) is 14.9. The molecule has 4 rings (SSSR count). The lowest BCUT2D eigenvalue weighted by Gasteiger charge is -2.16. The van der Waals surface area contributed by atoms with Crippen molar-refractivity contribution >= 4 is 11.7 Å². The van der Waals surface area contributed by atoms with Crippen LogP contribution in [0.25, 0.3) is 0 Å². The van der Waals surface area contributed by atoms with E-state index >= 15 is 0 Å². The van der Waals surface area contributed by atoms with Gasteiger partial charge < -0.3 is 15.2 Å². The number of benzene rings is 1. The smallest absolute Gasteiger partial charge is 0.331 e. The van der Waals surface area contributed by atoms with Crippen LogP contribution in [0.5, 0.6) is 0 Å². The summed E-state index contributed by atoms with van der Waals surface area (Å²) in [6, 6.07) is 6.90. The zero-order valence-electron chi connectivity index (χ0n) is 17.3. The minimum Gasteiger partial charge on any atom is -0.331 e. The summed E-state index contributed by atoms with van der Waals surface area (Å²) >= 11 is 0. The van der Waals surface area contributed by atoms with Crippen molar-refractivity contribution in [1.29, 1.82) is 0 Å². The predicted molar refractivity (Wildman–Crippen MR) is 112 cm³/mol. The molecule has 0 saturated carbocycles. The Morgan fingerprint density at radius 3 is 2.77 bits per heavy atom. The topological polar surface area (TPSA) is 71.8 Å². The molecule has 1 aliphatic heterocycles. The number of aromatic nitrogens is 3. The molecule has 0 atom stereocenters. The molecule has 0 saturated heterocycles. The van der Waals surface area contributed by atoms with Crippen molar-refractivity contribution in [2.24, 2.45) is 0 Å². The first-order valence-electron chi connectivity index (χ1n) is 10.1. The molecule has 0 unspecified atom stereocenters. The maximum atomic E-state index is 12.8. The normalized spacial score (nSPS) is 13.1. The molecule has 3 aromatic rings. The third-order valence-electron chi connectivity index (χ3n) is 4.70. The van der Waals surface area contributed by atoms with Crippen LogP contribution in [0.15, 0.2) is 49.1 Å². The number of carbonyl (C=O) groups is 1. The van der Waals surface area contributed by atoms with E-state index in [1.165, 1.54) is 12.4 Å². The van der Waals surface area contributed by atoms with Gasteiger partial charge in [-0.3, -0.25) is 9.78 Å². The van der Waals surface area contributed by atoms with E-state index in [1.807, 2.05) is 13.8 Å². The summed E-state index contributed by atoms with van der Waals surface area (Å²) in [6.45, 7) is 5.80. The third kappa shape index (κ3) is 5.69. The standard InChI is InChI=1S/C20H18F3N5O.C2H6/c21-20(22,23)16-3-1-2-13(6-16)10-28-11-18(26-12-28)27-19(29)17-7-14-4-5-24-8-15(14)9-25-17;1-2/h1-3,6-7,9,11-12,24H,4-5,8,10H2,(H,27,29);1-2H3. The van der Waals surface area contributed by atoms with E-state index in [2.05, 4.69) is 20.6 Å². The average molecular weight is 431 g/mol. The lowest BCUT2D eigenvalue weighted by atomic mass is 10.0. The van der Waals surface area contributed by atoms with Crippen LogP contribution in [0.1, 0.15) is 46.6 Å². The van der Waals surface area contributed by atoms with Crippen LogP contribution in [0.2, 0.25) is 0 Å². The van der Waals surface area contributed by atoms with Gasteiger partial charge in [0.15, 0.2) is 5.82 Å². The molecule has 1 aliphatic rings. The van der Waals surface area contributed by atoms with Crippen LogP contribution in [0.3, 0.4) is 0 Å². The number of alkyl halides is 3. The SMILES string of the molecule is CC.O=C(Nc1cn(Cc2cccc(C(F)(F)F)c2)cn1)c1cc2c(cn1)CNCC2. The van der Waals surface area contributed by atoms with Crippen molar-refractivity contribution in [2.75, 3.05) is 11.9 Å². The maximum Gasteiger partial charge on any atom is 0.416 e. The van der Waals surface area contributed by atoms with E-state index in [0.717, 1.165) is 42.8 Å². The second-order valence-electron chi connectivity index (χ2n) is 6.85. The molecule has 1 amide bonds. The number of rotatable bonds is 4. The molecule has 2 N–H and O–H groups in total. The molecule has 0 spiro atoms. The fourth-order valence-corrected chi connectivity index (χ4v) is 3.24. The largest absolute Gasteiger partial charge is 0.416 e. The van der Waals surface area contributed by atoms with Gasteiger partial charge in [0.1, 0.15) is 5.69 Å². The Bertz CT molecular complexity index is 1050. The van der Waals surface area contributed by atoms with Crippen molar-refractivity contribution in [3.63, 3.8) is 0 Å². The molecule has 1 aromatic carbocycles. The van der Waals surface area contributed by atoms with Crippen molar-refractivity contribution in [3.05, 3.63) is 77.0 Å². The number of amides is 1. The summed E-state index contributed by atoms with van der Waals surface area (Å²) < 4.78 is 40.1. The van der Waals surface area contributed by atoms with Crippen LogP contribution in [-0.4, -0.2) is 27.0 Å². The fourth-order valence-electron chi connectivity index (χ4n) is 3.24. The number of imidazole rings is 1. The summed E-state index contributed by atoms with van der Waals surface area (Å²) in [5, 5.41) is 5.93. The van der Waals surface area contributed by atoms with Crippen molar-refractivity contribution in [1.82, 2.24) is 19.9 Å². The lowest BCUT2D eigenvalue weighted by molar-refractivity contribution is -0.137. The summed E-state index contributed by atoms with van der Waals surface area (Å²) in [6.07, 6.45) is 1.18. The number of nitrogens with zero attached hydrogens (tertiary/aromatic N) is 3. The fraction of sp³-hybridized carbons (Fsp3) is 0.318. The molecular formula is C22H24F3N5O. The first kappa shape index (κ1) is 22.5. The third-order valence-corrected chi connectivity index (χ3v) is 4.70. The molecule has 164 valence electrons. The van der Waals surface area contributed by atoms with Gasteiger partial charge >= 0.3 is 6.18 Å². The number of hydrogen-bond donors (Lipinski definition) is 2. The molecular weight excluding hydrogens is 407 g/mol. The lowest BCUT2D eigenvalue weighted by Crippen LogP contribution is -2.25. The monoisotopic (exact) mass is 431 g/mol. The van der Waals surface area contributed by atoms with E-state index in [9.17, 15) is 18.0 Å². The minimum atomic E-state index is -4.39. The van der Waals surface area contributed by atoms with E-state index in [0.29, 0.717) is 17.1 Å². The molecule has 31 heavy (non-hydrogen) atoms. The zero-order valence-corrected chi connectivity index (χ0v) is 17.3. The van der Waals surface area contributed by atoms with Crippen molar-refractivity contribution in [3.8, 4) is 0 Å². The Balaban J connectivity index is 0.00000132. The van der Waals surface area contributed by atoms with Gasteiger partial charge in [0.2, 0.25) is 0 Å². The zero-order chi connectivity index (χ0) is 22.4. The number of pyridine rings is 1. The number of halogens is 3. The van der Waals surface area contributed by atoms with Gasteiger partial charge in [-0.25, -0.2) is 4.98 Å². The second kappa shape index (κ2) is 9.74. The summed E-state index contributed by atoms with van der Waals surface area (Å²) in [5.41, 5.74) is 2.27. The quantitative estimate of drug-likeness (QED) is 0.647. The van der Waals surface area contributed by atoms with Crippen LogP contribution in [0, 0.1) is 0 Å². The van der Waals surface area contributed by atoms with Crippen LogP contribution in [0.4, 0.5) is 19.0 Å². The van der Waals surface area contributed by atoms with E-state index in [4.69, 9.17) is 0 Å². The highest BCUT2D eigenvalue weighted by Crippen LogP contribution is 2.29. The van der Waals surface area contributed by atoms with Gasteiger partial charge in [-0.15, -0.1) is 0 Å². The number of fused-ring (bicyclic) bond motifs is 1.